The van der Waals surface area contributed by atoms with E-state index in [4.69, 9.17) is 5.73 Å². The van der Waals surface area contributed by atoms with Gasteiger partial charge in [-0.15, -0.1) is 0 Å². The van der Waals surface area contributed by atoms with Gasteiger partial charge in [-0.05, 0) is 37.9 Å². The van der Waals surface area contributed by atoms with Crippen molar-refractivity contribution in [3.05, 3.63) is 41.7 Å². The molecule has 19 heavy (non-hydrogen) atoms. The molecule has 1 rings (SSSR count). The number of aliphatic imine (C=N–C) groups is 2. The first-order valence-corrected chi connectivity index (χ1v) is 5.53. The number of carbonyl (C=O) groups excluding carboxylic acids is 1. The van der Waals surface area contributed by atoms with E-state index in [2.05, 4.69) is 26.8 Å². The number of benzene rings is 1. The lowest BCUT2D eigenvalue weighted by molar-refractivity contribution is 0.0601. The highest BCUT2D eigenvalue weighted by molar-refractivity contribution is 5.90. The van der Waals surface area contributed by atoms with Gasteiger partial charge in [-0.2, -0.15) is 4.99 Å². The van der Waals surface area contributed by atoms with E-state index in [1.807, 2.05) is 0 Å². The Morgan fingerprint density at radius 2 is 2.26 bits per heavy atom. The average molecular weight is 260 g/mol. The van der Waals surface area contributed by atoms with Crippen molar-refractivity contribution < 1.29 is 9.53 Å². The molecule has 0 bridgehead atoms. The molecule has 0 aromatic heterocycles. The van der Waals surface area contributed by atoms with Gasteiger partial charge in [0.1, 0.15) is 5.82 Å². The van der Waals surface area contributed by atoms with E-state index in [1.165, 1.54) is 7.11 Å². The van der Waals surface area contributed by atoms with Crippen LogP contribution in [0.2, 0.25) is 0 Å². The molecule has 0 spiro atoms. The normalized spacial score (nSPS) is 11.9. The van der Waals surface area contributed by atoms with Gasteiger partial charge in [0.25, 0.3) is 0 Å². The highest BCUT2D eigenvalue weighted by Gasteiger charge is 2.06. The Bertz CT molecular complexity index is 535. The summed E-state index contributed by atoms with van der Waals surface area (Å²) < 4.78 is 4.65. The fourth-order valence-corrected chi connectivity index (χ4v) is 1.31. The maximum Gasteiger partial charge on any atom is 0.337 e. The molecule has 0 saturated carbocycles. The van der Waals surface area contributed by atoms with E-state index in [0.29, 0.717) is 17.1 Å². The smallest absolute Gasteiger partial charge is 0.337 e. The first kappa shape index (κ1) is 14.4. The Morgan fingerprint density at radius 3 is 2.84 bits per heavy atom. The van der Waals surface area contributed by atoms with Gasteiger partial charge >= 0.3 is 5.97 Å². The van der Waals surface area contributed by atoms with E-state index >= 15 is 0 Å². The van der Waals surface area contributed by atoms with Gasteiger partial charge < -0.3 is 15.8 Å². The summed E-state index contributed by atoms with van der Waals surface area (Å²) in [4.78, 5) is 18.9. The second kappa shape index (κ2) is 6.95. The van der Waals surface area contributed by atoms with Gasteiger partial charge in [0.05, 0.1) is 12.7 Å². The standard InChI is InChI=1S/C13H16N4O2/c1-4-11(17-13(14)15-2)16-10-7-5-6-9(8-10)12(18)19-3/h4-8,16H,2H2,1,3H3,(H2,14,17)/b11-4-. The van der Waals surface area contributed by atoms with Crippen LogP contribution in [0, 0.1) is 0 Å². The van der Waals surface area contributed by atoms with Crippen LogP contribution in [0.3, 0.4) is 0 Å². The first-order valence-electron chi connectivity index (χ1n) is 5.53. The number of allylic oxidation sites excluding steroid dienone is 1. The summed E-state index contributed by atoms with van der Waals surface area (Å²) in [6.45, 7) is 5.08. The van der Waals surface area contributed by atoms with Crippen molar-refractivity contribution >= 4 is 24.3 Å². The Hall–Kier alpha value is -2.63. The largest absolute Gasteiger partial charge is 0.465 e. The maximum absolute atomic E-state index is 11.4. The Labute approximate surface area is 111 Å². The van der Waals surface area contributed by atoms with E-state index in [0.717, 1.165) is 0 Å². The number of nitrogens with zero attached hydrogens (tertiary/aromatic N) is 2. The van der Waals surface area contributed by atoms with Crippen molar-refractivity contribution in [3.63, 3.8) is 0 Å². The first-order chi connectivity index (χ1) is 9.10. The Kier molecular flexibility index (Phi) is 5.28. The number of methoxy groups -OCH3 is 1. The summed E-state index contributed by atoms with van der Waals surface area (Å²) in [7, 11) is 1.33. The Morgan fingerprint density at radius 1 is 1.53 bits per heavy atom. The molecule has 0 heterocycles. The van der Waals surface area contributed by atoms with Gasteiger partial charge in [-0.3, -0.25) is 0 Å². The summed E-state index contributed by atoms with van der Waals surface area (Å²) in [5.41, 5.74) is 6.61. The fraction of sp³-hybridized carbons (Fsp3) is 0.154. The number of nitrogens with one attached hydrogen (secondary N) is 1. The molecule has 0 aliphatic heterocycles. The van der Waals surface area contributed by atoms with Gasteiger partial charge in [0.2, 0.25) is 5.96 Å². The fourth-order valence-electron chi connectivity index (χ4n) is 1.31. The molecule has 0 saturated heterocycles. The van der Waals surface area contributed by atoms with Crippen LogP contribution in [0.25, 0.3) is 0 Å². The zero-order chi connectivity index (χ0) is 14.3. The number of anilines is 1. The lowest BCUT2D eigenvalue weighted by atomic mass is 10.2. The minimum Gasteiger partial charge on any atom is -0.465 e. The van der Waals surface area contributed by atoms with Crippen molar-refractivity contribution in [1.82, 2.24) is 0 Å². The van der Waals surface area contributed by atoms with Crippen LogP contribution in [-0.4, -0.2) is 25.8 Å². The minimum absolute atomic E-state index is 0.0599. The molecular formula is C13H16N4O2. The van der Waals surface area contributed by atoms with Gasteiger partial charge in [0.15, 0.2) is 0 Å². The van der Waals surface area contributed by atoms with Gasteiger partial charge in [-0.1, -0.05) is 6.07 Å². The van der Waals surface area contributed by atoms with Crippen LogP contribution >= 0.6 is 0 Å². The monoisotopic (exact) mass is 260 g/mol. The molecule has 0 radical (unpaired) electrons. The molecule has 0 atom stereocenters. The predicted octanol–water partition coefficient (Wildman–Crippen LogP) is 1.76. The molecule has 0 aliphatic rings. The molecule has 6 nitrogen and oxygen atoms in total. The molecule has 3 N–H and O–H groups in total. The maximum atomic E-state index is 11.4. The van der Waals surface area contributed by atoms with E-state index in [-0.39, 0.29) is 5.96 Å². The van der Waals surface area contributed by atoms with Crippen LogP contribution in [0.5, 0.6) is 0 Å². The van der Waals surface area contributed by atoms with Crippen molar-refractivity contribution in [2.24, 2.45) is 15.7 Å². The second-order valence-corrected chi connectivity index (χ2v) is 3.50. The van der Waals surface area contributed by atoms with E-state index < -0.39 is 5.97 Å². The summed E-state index contributed by atoms with van der Waals surface area (Å²) >= 11 is 0. The number of nitrogens with two attached hydrogens (primary N) is 1. The molecule has 0 fully saturated rings. The second-order valence-electron chi connectivity index (χ2n) is 3.50. The molecule has 0 amide bonds. The SMILES string of the molecule is C=N/C(N)=N\C(=C/C)Nc1cccc(C(=O)OC)c1. The lowest BCUT2D eigenvalue weighted by Gasteiger charge is -2.08. The number of hydrogen-bond acceptors (Lipinski definition) is 4. The highest BCUT2D eigenvalue weighted by atomic mass is 16.5. The van der Waals surface area contributed by atoms with Crippen molar-refractivity contribution in [2.75, 3.05) is 12.4 Å². The molecule has 1 aromatic rings. The third kappa shape index (κ3) is 4.27. The van der Waals surface area contributed by atoms with Gasteiger partial charge in [-0.25, -0.2) is 9.79 Å². The third-order valence-electron chi connectivity index (χ3n) is 2.23. The van der Waals surface area contributed by atoms with Crippen LogP contribution in [0.1, 0.15) is 17.3 Å². The number of carbonyl (C=O) groups is 1. The van der Waals surface area contributed by atoms with Crippen molar-refractivity contribution in [1.29, 1.82) is 0 Å². The molecule has 100 valence electrons. The zero-order valence-electron chi connectivity index (χ0n) is 10.9. The van der Waals surface area contributed by atoms with Crippen molar-refractivity contribution in [3.8, 4) is 0 Å². The van der Waals surface area contributed by atoms with Crippen molar-refractivity contribution in [2.45, 2.75) is 6.92 Å². The van der Waals surface area contributed by atoms with E-state index in [1.54, 1.807) is 37.3 Å². The Balaban J connectivity index is 2.93. The predicted molar refractivity (Wildman–Crippen MR) is 76.3 cm³/mol. The summed E-state index contributed by atoms with van der Waals surface area (Å²) in [5, 5.41) is 3.01. The highest BCUT2D eigenvalue weighted by Crippen LogP contribution is 2.14. The minimum atomic E-state index is -0.401. The molecular weight excluding hydrogens is 244 g/mol. The number of esters is 1. The molecule has 0 unspecified atom stereocenters. The molecule has 0 aliphatic carbocycles. The lowest BCUT2D eigenvalue weighted by Crippen LogP contribution is -2.10. The van der Waals surface area contributed by atoms with Crippen LogP contribution in [0.15, 0.2) is 46.1 Å². The van der Waals surface area contributed by atoms with E-state index in [9.17, 15) is 4.79 Å². The zero-order valence-corrected chi connectivity index (χ0v) is 10.9. The van der Waals surface area contributed by atoms with Crippen LogP contribution in [0.4, 0.5) is 5.69 Å². The quantitative estimate of drug-likeness (QED) is 0.490. The van der Waals surface area contributed by atoms with Crippen LogP contribution in [-0.2, 0) is 4.74 Å². The van der Waals surface area contributed by atoms with Crippen LogP contribution < -0.4 is 11.1 Å². The van der Waals surface area contributed by atoms with Gasteiger partial charge in [0, 0.05) is 5.69 Å². The molecule has 1 aromatic carbocycles. The number of hydrogen-bond donors (Lipinski definition) is 2. The molecule has 6 heteroatoms. The number of ether oxygens (including phenoxy) is 1. The average Bonchev–Trinajstić information content (AvgIpc) is 2.45. The summed E-state index contributed by atoms with van der Waals surface area (Å²) in [5.74, 6) is 0.165. The third-order valence-corrected chi connectivity index (χ3v) is 2.23. The number of rotatable bonds is 4. The summed E-state index contributed by atoms with van der Waals surface area (Å²) in [6, 6.07) is 6.85. The number of guanidine groups is 1. The summed E-state index contributed by atoms with van der Waals surface area (Å²) in [6.07, 6.45) is 1.73. The topological polar surface area (TPSA) is 89.1 Å².